The van der Waals surface area contributed by atoms with Gasteiger partial charge in [-0.2, -0.15) is 0 Å². The van der Waals surface area contributed by atoms with Crippen LogP contribution in [0.25, 0.3) is 0 Å². The molecule has 0 radical (unpaired) electrons. The quantitative estimate of drug-likeness (QED) is 0.0494. The van der Waals surface area contributed by atoms with E-state index >= 15 is 0 Å². The normalized spacial score (nSPS) is 14.0. The Balaban J connectivity index is 3.77. The van der Waals surface area contributed by atoms with Gasteiger partial charge in [0, 0.05) is 6.42 Å². The van der Waals surface area contributed by atoms with E-state index < -0.39 is 18.3 Å². The van der Waals surface area contributed by atoms with Crippen LogP contribution in [0.2, 0.25) is 0 Å². The van der Waals surface area contributed by atoms with Gasteiger partial charge in [-0.1, -0.05) is 180 Å². The number of carbonyl (C=O) groups is 1. The summed E-state index contributed by atoms with van der Waals surface area (Å²) in [6, 6.07) is 0. The van der Waals surface area contributed by atoms with Gasteiger partial charge >= 0.3 is 0 Å². The molecular formula is C39H76O4. The van der Waals surface area contributed by atoms with Crippen molar-refractivity contribution in [3.05, 3.63) is 12.2 Å². The van der Waals surface area contributed by atoms with Crippen LogP contribution in [0.15, 0.2) is 12.2 Å². The maximum Gasteiger partial charge on any atom is 0.167 e. The number of aliphatic hydroxyl groups is 3. The largest absolute Gasteiger partial charge is 0.394 e. The van der Waals surface area contributed by atoms with Crippen LogP contribution in [0.3, 0.4) is 0 Å². The van der Waals surface area contributed by atoms with E-state index in [2.05, 4.69) is 26.0 Å². The molecule has 0 saturated heterocycles. The monoisotopic (exact) mass is 609 g/mol. The summed E-state index contributed by atoms with van der Waals surface area (Å²) in [7, 11) is 0. The summed E-state index contributed by atoms with van der Waals surface area (Å²) >= 11 is 0. The molecule has 0 spiro atoms. The van der Waals surface area contributed by atoms with Gasteiger partial charge in [-0.3, -0.25) is 4.79 Å². The van der Waals surface area contributed by atoms with Gasteiger partial charge in [0.15, 0.2) is 11.4 Å². The van der Waals surface area contributed by atoms with Crippen LogP contribution >= 0.6 is 0 Å². The van der Waals surface area contributed by atoms with Gasteiger partial charge in [0.05, 0.1) is 6.61 Å². The van der Waals surface area contributed by atoms with E-state index in [0.29, 0.717) is 6.42 Å². The molecule has 0 aromatic carbocycles. The molecule has 0 bridgehead atoms. The van der Waals surface area contributed by atoms with Gasteiger partial charge in [0.25, 0.3) is 0 Å². The highest BCUT2D eigenvalue weighted by Gasteiger charge is 2.41. The average molecular weight is 609 g/mol. The third-order valence-electron chi connectivity index (χ3n) is 9.28. The molecule has 0 rings (SSSR count). The predicted octanol–water partition coefficient (Wildman–Crippen LogP) is 11.3. The van der Waals surface area contributed by atoms with E-state index in [-0.39, 0.29) is 18.6 Å². The van der Waals surface area contributed by atoms with E-state index in [9.17, 15) is 20.1 Å². The van der Waals surface area contributed by atoms with Crippen molar-refractivity contribution in [1.29, 1.82) is 0 Å². The Kier molecular flexibility index (Phi) is 32.1. The summed E-state index contributed by atoms with van der Waals surface area (Å²) in [5, 5.41) is 30.7. The van der Waals surface area contributed by atoms with Gasteiger partial charge in [0.1, 0.15) is 6.10 Å². The van der Waals surface area contributed by atoms with E-state index in [1.165, 1.54) is 148 Å². The number of rotatable bonds is 35. The molecule has 3 N–H and O–H groups in total. The Labute approximate surface area is 268 Å². The molecule has 0 aliphatic heterocycles. The lowest BCUT2D eigenvalue weighted by Gasteiger charge is -2.31. The second-order valence-electron chi connectivity index (χ2n) is 13.4. The molecule has 0 saturated carbocycles. The molecule has 4 heteroatoms. The fourth-order valence-corrected chi connectivity index (χ4v) is 6.16. The number of unbranched alkanes of at least 4 members (excludes halogenated alkanes) is 26. The second kappa shape index (κ2) is 32.7. The molecular weight excluding hydrogens is 532 g/mol. The van der Waals surface area contributed by atoms with Gasteiger partial charge < -0.3 is 15.3 Å². The molecule has 2 unspecified atom stereocenters. The van der Waals surface area contributed by atoms with Crippen molar-refractivity contribution < 1.29 is 20.1 Å². The van der Waals surface area contributed by atoms with Crippen molar-refractivity contribution in [3.8, 4) is 0 Å². The summed E-state index contributed by atoms with van der Waals surface area (Å²) < 4.78 is 0. The van der Waals surface area contributed by atoms with Gasteiger partial charge in [-0.15, -0.1) is 0 Å². The molecule has 43 heavy (non-hydrogen) atoms. The molecule has 0 aromatic heterocycles. The van der Waals surface area contributed by atoms with Crippen LogP contribution in [-0.4, -0.2) is 39.4 Å². The van der Waals surface area contributed by atoms with Crippen molar-refractivity contribution >= 4 is 5.78 Å². The number of carbonyl (C=O) groups excluding carboxylic acids is 1. The molecule has 0 aromatic rings. The van der Waals surface area contributed by atoms with Crippen LogP contribution in [0.5, 0.6) is 0 Å². The fourth-order valence-electron chi connectivity index (χ4n) is 6.16. The molecule has 256 valence electrons. The number of hydrogen-bond acceptors (Lipinski definition) is 4. The van der Waals surface area contributed by atoms with Gasteiger partial charge in [0.2, 0.25) is 0 Å². The van der Waals surface area contributed by atoms with Crippen molar-refractivity contribution in [2.45, 2.75) is 225 Å². The third-order valence-corrected chi connectivity index (χ3v) is 9.28. The van der Waals surface area contributed by atoms with E-state index in [0.717, 1.165) is 32.1 Å². The number of ketones is 1. The first kappa shape index (κ1) is 42.3. The molecule has 0 aliphatic rings. The van der Waals surface area contributed by atoms with Crippen molar-refractivity contribution in [1.82, 2.24) is 0 Å². The number of Topliss-reactive ketones (excluding diaryl/α,β-unsaturated/α-hetero) is 1. The standard InChI is InChI=1S/C39H76O4/c1-3-5-7-9-11-13-15-17-18-19-20-21-22-23-24-26-28-30-32-34-37(41)39(43,38(42)36-40)35-33-31-29-27-25-16-14-12-10-8-6-4-2/h17-18,38,40,42-43H,3-16,19-36H2,1-2H3/b18-17-. The Morgan fingerprint density at radius 2 is 0.860 bits per heavy atom. The molecule has 0 heterocycles. The van der Waals surface area contributed by atoms with Gasteiger partial charge in [-0.05, 0) is 38.5 Å². The molecule has 0 fully saturated rings. The predicted molar refractivity (Wildman–Crippen MR) is 187 cm³/mol. The number of hydrogen-bond donors (Lipinski definition) is 3. The Hall–Kier alpha value is -0.710. The summed E-state index contributed by atoms with van der Waals surface area (Å²) in [4.78, 5) is 12.9. The highest BCUT2D eigenvalue weighted by Crippen LogP contribution is 2.25. The number of allylic oxidation sites excluding steroid dienone is 2. The lowest BCUT2D eigenvalue weighted by Crippen LogP contribution is -2.51. The minimum atomic E-state index is -1.79. The minimum Gasteiger partial charge on any atom is -0.394 e. The molecule has 0 aliphatic carbocycles. The van der Waals surface area contributed by atoms with Crippen LogP contribution < -0.4 is 0 Å². The van der Waals surface area contributed by atoms with E-state index in [1.54, 1.807) is 0 Å². The summed E-state index contributed by atoms with van der Waals surface area (Å²) in [5.74, 6) is -0.293. The molecule has 4 nitrogen and oxygen atoms in total. The van der Waals surface area contributed by atoms with Crippen LogP contribution in [0.1, 0.15) is 213 Å². The highest BCUT2D eigenvalue weighted by atomic mass is 16.4. The first-order valence-electron chi connectivity index (χ1n) is 19.2. The maximum absolute atomic E-state index is 12.9. The van der Waals surface area contributed by atoms with Crippen molar-refractivity contribution in [2.75, 3.05) is 6.61 Å². The fraction of sp³-hybridized carbons (Fsp3) is 0.923. The second-order valence-corrected chi connectivity index (χ2v) is 13.4. The van der Waals surface area contributed by atoms with E-state index in [1.807, 2.05) is 0 Å². The topological polar surface area (TPSA) is 77.8 Å². The summed E-state index contributed by atoms with van der Waals surface area (Å²) in [6.45, 7) is 3.95. The third kappa shape index (κ3) is 26.2. The smallest absolute Gasteiger partial charge is 0.167 e. The average Bonchev–Trinajstić information content (AvgIpc) is 3.01. The maximum atomic E-state index is 12.9. The highest BCUT2D eigenvalue weighted by molar-refractivity contribution is 5.87. The van der Waals surface area contributed by atoms with Gasteiger partial charge in [-0.25, -0.2) is 0 Å². The lowest BCUT2D eigenvalue weighted by atomic mass is 9.84. The first-order chi connectivity index (χ1) is 21.0. The Morgan fingerprint density at radius 3 is 1.23 bits per heavy atom. The zero-order valence-electron chi connectivity index (χ0n) is 29.1. The lowest BCUT2D eigenvalue weighted by molar-refractivity contribution is -0.156. The van der Waals surface area contributed by atoms with Crippen molar-refractivity contribution in [3.63, 3.8) is 0 Å². The van der Waals surface area contributed by atoms with Crippen LogP contribution in [0, 0.1) is 0 Å². The number of aliphatic hydroxyl groups excluding tert-OH is 2. The molecule has 0 amide bonds. The van der Waals surface area contributed by atoms with Crippen LogP contribution in [0.4, 0.5) is 0 Å². The van der Waals surface area contributed by atoms with E-state index in [4.69, 9.17) is 0 Å². The van der Waals surface area contributed by atoms with Crippen LogP contribution in [-0.2, 0) is 4.79 Å². The Morgan fingerprint density at radius 1 is 0.535 bits per heavy atom. The molecule has 2 atom stereocenters. The zero-order chi connectivity index (χ0) is 31.7. The first-order valence-corrected chi connectivity index (χ1v) is 19.2. The van der Waals surface area contributed by atoms with Crippen molar-refractivity contribution in [2.24, 2.45) is 0 Å². The Bertz CT molecular complexity index is 604. The SMILES string of the molecule is CCCCCCCC/C=C\CCCCCCCCCCCC(=O)C(O)(CCCCCCCCCCCCCC)C(O)CO. The zero-order valence-corrected chi connectivity index (χ0v) is 29.1. The summed E-state index contributed by atoms with van der Waals surface area (Å²) in [6.07, 6.45) is 39.8. The summed E-state index contributed by atoms with van der Waals surface area (Å²) in [5.41, 5.74) is -1.79. The minimum absolute atomic E-state index is 0.250.